The molecule has 0 bridgehead atoms. The molecule has 1 amide bonds. The minimum absolute atomic E-state index is 0.0212. The normalized spacial score (nSPS) is 13.5. The van der Waals surface area contributed by atoms with Crippen molar-refractivity contribution in [2.75, 3.05) is 20.6 Å². The van der Waals surface area contributed by atoms with Gasteiger partial charge in [0.1, 0.15) is 11.6 Å². The predicted octanol–water partition coefficient (Wildman–Crippen LogP) is 2.84. The van der Waals surface area contributed by atoms with Crippen molar-refractivity contribution in [1.29, 1.82) is 0 Å². The number of hydrogen-bond acceptors (Lipinski definition) is 3. The molecule has 0 fully saturated rings. The van der Waals surface area contributed by atoms with Gasteiger partial charge in [0.25, 0.3) is 5.91 Å². The van der Waals surface area contributed by atoms with Crippen molar-refractivity contribution >= 4 is 27.5 Å². The summed E-state index contributed by atoms with van der Waals surface area (Å²) in [5.74, 6) is 0.140. The molecule has 1 aromatic heterocycles. The van der Waals surface area contributed by atoms with E-state index in [1.807, 2.05) is 37.1 Å². The molecule has 1 N–H and O–H groups in total. The monoisotopic (exact) mass is 368 g/mol. The standard InChI is InChI=1S/C21H25N3OS/c1-15-9-11-17(12-10-15)13-23(3)14-20(25)24(4)16(2)21-22-18-7-5-6-8-19(18)26-21/h5-12,16H,13-14H2,1-4H3/p+1/t16-/m0/s1. The number of thiazole rings is 1. The second-order valence-electron chi connectivity index (χ2n) is 7.00. The molecule has 0 aliphatic carbocycles. The van der Waals surface area contributed by atoms with Gasteiger partial charge in [-0.15, -0.1) is 11.3 Å². The largest absolute Gasteiger partial charge is 0.332 e. The van der Waals surface area contributed by atoms with Crippen molar-refractivity contribution < 1.29 is 9.69 Å². The highest BCUT2D eigenvalue weighted by Gasteiger charge is 2.23. The molecule has 0 aliphatic rings. The molecule has 136 valence electrons. The third-order valence-corrected chi connectivity index (χ3v) is 5.93. The molecule has 1 heterocycles. The summed E-state index contributed by atoms with van der Waals surface area (Å²) in [6.07, 6.45) is 0. The molecule has 0 spiro atoms. The first-order valence-electron chi connectivity index (χ1n) is 8.92. The first-order valence-corrected chi connectivity index (χ1v) is 9.73. The lowest BCUT2D eigenvalue weighted by Crippen LogP contribution is -3.08. The van der Waals surface area contributed by atoms with Gasteiger partial charge in [0.2, 0.25) is 0 Å². The van der Waals surface area contributed by atoms with Gasteiger partial charge in [0.15, 0.2) is 6.54 Å². The minimum Gasteiger partial charge on any atom is -0.332 e. The zero-order chi connectivity index (χ0) is 18.7. The maximum absolute atomic E-state index is 12.7. The summed E-state index contributed by atoms with van der Waals surface area (Å²) in [6.45, 7) is 5.45. The van der Waals surface area contributed by atoms with Crippen molar-refractivity contribution in [3.05, 3.63) is 64.7 Å². The van der Waals surface area contributed by atoms with Gasteiger partial charge < -0.3 is 9.80 Å². The van der Waals surface area contributed by atoms with Crippen LogP contribution in [0.5, 0.6) is 0 Å². The number of para-hydroxylation sites is 1. The van der Waals surface area contributed by atoms with Crippen LogP contribution in [0.2, 0.25) is 0 Å². The van der Waals surface area contributed by atoms with E-state index < -0.39 is 0 Å². The summed E-state index contributed by atoms with van der Waals surface area (Å²) in [5.41, 5.74) is 3.51. The molecule has 0 radical (unpaired) electrons. The third kappa shape index (κ3) is 4.29. The van der Waals surface area contributed by atoms with Crippen LogP contribution in [-0.4, -0.2) is 36.4 Å². The third-order valence-electron chi connectivity index (χ3n) is 4.72. The van der Waals surface area contributed by atoms with Crippen LogP contribution in [0.25, 0.3) is 10.2 Å². The van der Waals surface area contributed by atoms with Crippen LogP contribution in [0.4, 0.5) is 0 Å². The van der Waals surface area contributed by atoms with Crippen LogP contribution in [0, 0.1) is 6.92 Å². The average Bonchev–Trinajstić information content (AvgIpc) is 3.06. The Morgan fingerprint density at radius 3 is 2.58 bits per heavy atom. The van der Waals surface area contributed by atoms with E-state index in [0.717, 1.165) is 21.8 Å². The number of hydrogen-bond donors (Lipinski definition) is 1. The van der Waals surface area contributed by atoms with Crippen molar-refractivity contribution in [3.8, 4) is 0 Å². The number of likely N-dealkylation sites (N-methyl/N-ethyl adjacent to an activating group) is 2. The molecule has 5 heteroatoms. The molecular formula is C21H26N3OS+. The molecule has 0 saturated heterocycles. The number of carbonyl (C=O) groups is 1. The highest BCUT2D eigenvalue weighted by molar-refractivity contribution is 7.18. The molecular weight excluding hydrogens is 342 g/mol. The lowest BCUT2D eigenvalue weighted by atomic mass is 10.1. The van der Waals surface area contributed by atoms with E-state index >= 15 is 0 Å². The van der Waals surface area contributed by atoms with Gasteiger partial charge >= 0.3 is 0 Å². The first-order chi connectivity index (χ1) is 12.4. The Kier molecular flexibility index (Phi) is 5.69. The second-order valence-corrected chi connectivity index (χ2v) is 8.06. The summed E-state index contributed by atoms with van der Waals surface area (Å²) in [7, 11) is 3.94. The van der Waals surface area contributed by atoms with Crippen LogP contribution < -0.4 is 4.90 Å². The van der Waals surface area contributed by atoms with E-state index in [1.54, 1.807) is 11.3 Å². The van der Waals surface area contributed by atoms with Crippen molar-refractivity contribution in [2.24, 2.45) is 0 Å². The smallest absolute Gasteiger partial charge is 0.278 e. The zero-order valence-electron chi connectivity index (χ0n) is 15.8. The topological polar surface area (TPSA) is 37.6 Å². The Morgan fingerprint density at radius 1 is 1.19 bits per heavy atom. The lowest BCUT2D eigenvalue weighted by molar-refractivity contribution is -0.885. The molecule has 0 saturated carbocycles. The Balaban J connectivity index is 1.61. The molecule has 2 atom stereocenters. The van der Waals surface area contributed by atoms with Crippen LogP contribution in [0.1, 0.15) is 29.1 Å². The number of aromatic nitrogens is 1. The van der Waals surface area contributed by atoms with Gasteiger partial charge in [-0.2, -0.15) is 0 Å². The Morgan fingerprint density at radius 2 is 1.88 bits per heavy atom. The van der Waals surface area contributed by atoms with E-state index in [0.29, 0.717) is 6.54 Å². The van der Waals surface area contributed by atoms with Crippen LogP contribution >= 0.6 is 11.3 Å². The van der Waals surface area contributed by atoms with Crippen LogP contribution in [0.15, 0.2) is 48.5 Å². The summed E-state index contributed by atoms with van der Waals surface area (Å²) in [4.78, 5) is 20.4. The fraction of sp³-hybridized carbons (Fsp3) is 0.333. The van der Waals surface area contributed by atoms with Gasteiger partial charge in [0.05, 0.1) is 23.3 Å². The quantitative estimate of drug-likeness (QED) is 0.726. The average molecular weight is 369 g/mol. The molecule has 2 aromatic carbocycles. The fourth-order valence-corrected chi connectivity index (χ4v) is 4.01. The molecule has 3 rings (SSSR count). The maximum atomic E-state index is 12.7. The molecule has 1 unspecified atom stereocenters. The van der Waals surface area contributed by atoms with Gasteiger partial charge in [-0.05, 0) is 26.0 Å². The fourth-order valence-electron chi connectivity index (χ4n) is 2.95. The van der Waals surface area contributed by atoms with Crippen molar-refractivity contribution in [2.45, 2.75) is 26.4 Å². The van der Waals surface area contributed by atoms with E-state index in [4.69, 9.17) is 0 Å². The van der Waals surface area contributed by atoms with Crippen molar-refractivity contribution in [1.82, 2.24) is 9.88 Å². The number of benzene rings is 2. The van der Waals surface area contributed by atoms with Gasteiger partial charge in [-0.25, -0.2) is 4.98 Å². The SMILES string of the molecule is Cc1ccc(C[NH+](C)CC(=O)N(C)[C@@H](C)c2nc3ccccc3s2)cc1. The van der Waals surface area contributed by atoms with E-state index in [2.05, 4.69) is 49.3 Å². The Bertz CT molecular complexity index is 855. The summed E-state index contributed by atoms with van der Waals surface area (Å²) < 4.78 is 1.16. The van der Waals surface area contributed by atoms with Crippen molar-refractivity contribution in [3.63, 3.8) is 0 Å². The highest BCUT2D eigenvalue weighted by atomic mass is 32.1. The number of nitrogens with one attached hydrogen (secondary N) is 1. The van der Waals surface area contributed by atoms with Crippen LogP contribution in [-0.2, 0) is 11.3 Å². The maximum Gasteiger partial charge on any atom is 0.278 e. The molecule has 4 nitrogen and oxygen atoms in total. The van der Waals surface area contributed by atoms with E-state index in [-0.39, 0.29) is 11.9 Å². The van der Waals surface area contributed by atoms with Gasteiger partial charge in [0, 0.05) is 12.6 Å². The Hall–Kier alpha value is -2.24. The van der Waals surface area contributed by atoms with Gasteiger partial charge in [-0.3, -0.25) is 4.79 Å². The summed E-state index contributed by atoms with van der Waals surface area (Å²) in [6, 6.07) is 16.6. The zero-order valence-corrected chi connectivity index (χ0v) is 16.6. The molecule has 26 heavy (non-hydrogen) atoms. The highest BCUT2D eigenvalue weighted by Crippen LogP contribution is 2.28. The summed E-state index contributed by atoms with van der Waals surface area (Å²) >= 11 is 1.66. The predicted molar refractivity (Wildman–Crippen MR) is 107 cm³/mol. The number of quaternary nitrogens is 1. The molecule has 3 aromatic rings. The molecule has 0 aliphatic heterocycles. The number of amides is 1. The van der Waals surface area contributed by atoms with E-state index in [9.17, 15) is 4.79 Å². The number of rotatable bonds is 6. The van der Waals surface area contributed by atoms with E-state index in [1.165, 1.54) is 16.0 Å². The number of fused-ring (bicyclic) bond motifs is 1. The Labute approximate surface area is 159 Å². The second kappa shape index (κ2) is 7.98. The summed E-state index contributed by atoms with van der Waals surface area (Å²) in [5, 5.41) is 0.984. The minimum atomic E-state index is -0.0212. The lowest BCUT2D eigenvalue weighted by Gasteiger charge is -2.24. The number of nitrogens with zero attached hydrogens (tertiary/aromatic N) is 2. The van der Waals surface area contributed by atoms with Crippen LogP contribution in [0.3, 0.4) is 0 Å². The number of aryl methyl sites for hydroxylation is 1. The van der Waals surface area contributed by atoms with Gasteiger partial charge in [-0.1, -0.05) is 42.0 Å². The number of carbonyl (C=O) groups excluding carboxylic acids is 1. The first kappa shape index (κ1) is 18.5.